The third-order valence-corrected chi connectivity index (χ3v) is 3.89. The molecule has 1 aliphatic rings. The summed E-state index contributed by atoms with van der Waals surface area (Å²) >= 11 is 6.27. The molecule has 0 aromatic heterocycles. The topological polar surface area (TPSA) is 21.3 Å². The highest BCUT2D eigenvalue weighted by molar-refractivity contribution is 6.21. The molecule has 2 atom stereocenters. The lowest BCUT2D eigenvalue weighted by Crippen LogP contribution is -2.41. The number of hydrogen-bond donors (Lipinski definition) is 1. The Balaban J connectivity index is 2.19. The van der Waals surface area contributed by atoms with E-state index in [1.54, 1.807) is 7.11 Å². The maximum Gasteiger partial charge on any atom is 0.0634 e. The zero-order valence-electron chi connectivity index (χ0n) is 10.2. The van der Waals surface area contributed by atoms with E-state index in [-0.39, 0.29) is 5.60 Å². The van der Waals surface area contributed by atoms with Gasteiger partial charge in [0.05, 0.1) is 5.60 Å². The first-order chi connectivity index (χ1) is 7.05. The summed E-state index contributed by atoms with van der Waals surface area (Å²) in [6.45, 7) is 5.23. The molecular weight excluding hydrogens is 210 g/mol. The van der Waals surface area contributed by atoms with E-state index in [2.05, 4.69) is 19.2 Å². The zero-order chi connectivity index (χ0) is 11.3. The van der Waals surface area contributed by atoms with Crippen LogP contribution in [0.4, 0.5) is 0 Å². The summed E-state index contributed by atoms with van der Waals surface area (Å²) in [4.78, 5) is 0. The summed E-state index contributed by atoms with van der Waals surface area (Å²) in [7, 11) is 1.77. The van der Waals surface area contributed by atoms with Gasteiger partial charge in [0.25, 0.3) is 0 Å². The van der Waals surface area contributed by atoms with Gasteiger partial charge in [-0.1, -0.05) is 12.8 Å². The molecule has 0 aromatic carbocycles. The van der Waals surface area contributed by atoms with Crippen molar-refractivity contribution in [3.63, 3.8) is 0 Å². The molecule has 2 nitrogen and oxygen atoms in total. The Morgan fingerprint density at radius 1 is 1.33 bits per heavy atom. The predicted molar refractivity (Wildman–Crippen MR) is 65.6 cm³/mol. The maximum atomic E-state index is 6.27. The van der Waals surface area contributed by atoms with Gasteiger partial charge in [-0.15, -0.1) is 11.6 Å². The van der Waals surface area contributed by atoms with E-state index in [1.165, 1.54) is 19.3 Å². The quantitative estimate of drug-likeness (QED) is 0.738. The molecule has 15 heavy (non-hydrogen) atoms. The van der Waals surface area contributed by atoms with Crippen LogP contribution < -0.4 is 5.32 Å². The maximum absolute atomic E-state index is 6.27. The van der Waals surface area contributed by atoms with E-state index in [0.717, 1.165) is 19.4 Å². The monoisotopic (exact) mass is 233 g/mol. The van der Waals surface area contributed by atoms with Crippen LogP contribution in [0.15, 0.2) is 0 Å². The molecule has 2 unspecified atom stereocenters. The van der Waals surface area contributed by atoms with E-state index in [1.807, 2.05) is 0 Å². The van der Waals surface area contributed by atoms with Crippen LogP contribution in [0.2, 0.25) is 0 Å². The first-order valence-electron chi connectivity index (χ1n) is 5.98. The molecule has 0 radical (unpaired) electrons. The number of ether oxygens (including phenoxy) is 1. The highest BCUT2D eigenvalue weighted by Gasteiger charge is 2.23. The van der Waals surface area contributed by atoms with Crippen LogP contribution in [-0.2, 0) is 4.74 Å². The Morgan fingerprint density at radius 2 is 2.00 bits per heavy atom. The summed E-state index contributed by atoms with van der Waals surface area (Å²) in [5, 5.41) is 3.87. The van der Waals surface area contributed by atoms with Crippen molar-refractivity contribution in [3.8, 4) is 0 Å². The summed E-state index contributed by atoms with van der Waals surface area (Å²) < 4.78 is 5.38. The first kappa shape index (κ1) is 13.3. The van der Waals surface area contributed by atoms with Crippen molar-refractivity contribution < 1.29 is 4.74 Å². The van der Waals surface area contributed by atoms with Crippen LogP contribution in [-0.4, -0.2) is 30.7 Å². The second-order valence-corrected chi connectivity index (χ2v) is 5.64. The van der Waals surface area contributed by atoms with Gasteiger partial charge in [0, 0.05) is 18.5 Å². The van der Waals surface area contributed by atoms with E-state index < -0.39 is 0 Å². The molecule has 0 aliphatic heterocycles. The van der Waals surface area contributed by atoms with Gasteiger partial charge in [0.15, 0.2) is 0 Å². The van der Waals surface area contributed by atoms with Crippen molar-refractivity contribution in [1.29, 1.82) is 0 Å². The van der Waals surface area contributed by atoms with Gasteiger partial charge in [0.2, 0.25) is 0 Å². The Morgan fingerprint density at radius 3 is 2.60 bits per heavy atom. The van der Waals surface area contributed by atoms with Gasteiger partial charge in [-0.25, -0.2) is 0 Å². The number of nitrogens with one attached hydrogen (secondary N) is 1. The molecule has 1 aliphatic carbocycles. The number of alkyl halides is 1. The third kappa shape index (κ3) is 4.71. The molecule has 3 heteroatoms. The molecule has 0 saturated heterocycles. The van der Waals surface area contributed by atoms with Crippen molar-refractivity contribution in [3.05, 3.63) is 0 Å². The van der Waals surface area contributed by atoms with Gasteiger partial charge in [-0.05, 0) is 39.7 Å². The summed E-state index contributed by atoms with van der Waals surface area (Å²) in [6, 6.07) is 0.507. The minimum absolute atomic E-state index is 0.0243. The Labute approximate surface area is 98.7 Å². The van der Waals surface area contributed by atoms with Crippen molar-refractivity contribution in [2.45, 2.75) is 63.0 Å². The summed E-state index contributed by atoms with van der Waals surface area (Å²) in [5.41, 5.74) is -0.0243. The van der Waals surface area contributed by atoms with E-state index in [0.29, 0.717) is 11.4 Å². The standard InChI is InChI=1S/C12H24ClNO/c1-12(2,15-3)8-9-14-11-7-5-4-6-10(11)13/h10-11,14H,4-9H2,1-3H3. The van der Waals surface area contributed by atoms with E-state index in [4.69, 9.17) is 16.3 Å². The molecule has 90 valence electrons. The molecule has 0 aromatic rings. The van der Waals surface area contributed by atoms with Crippen LogP contribution in [0.5, 0.6) is 0 Å². The van der Waals surface area contributed by atoms with Crippen molar-refractivity contribution in [2.75, 3.05) is 13.7 Å². The smallest absolute Gasteiger partial charge is 0.0634 e. The van der Waals surface area contributed by atoms with Crippen LogP contribution >= 0.6 is 11.6 Å². The fourth-order valence-electron chi connectivity index (χ4n) is 1.98. The van der Waals surface area contributed by atoms with Gasteiger partial charge in [-0.2, -0.15) is 0 Å². The second kappa shape index (κ2) is 6.07. The molecular formula is C12H24ClNO. The van der Waals surface area contributed by atoms with Gasteiger partial charge in [0.1, 0.15) is 0 Å². The fraction of sp³-hybridized carbons (Fsp3) is 1.00. The molecule has 0 heterocycles. The normalized spacial score (nSPS) is 28.0. The molecule has 1 N–H and O–H groups in total. The van der Waals surface area contributed by atoms with Crippen LogP contribution in [0.1, 0.15) is 46.0 Å². The Bertz CT molecular complexity index is 184. The number of halogens is 1. The largest absolute Gasteiger partial charge is 0.379 e. The average Bonchev–Trinajstić information content (AvgIpc) is 2.21. The van der Waals surface area contributed by atoms with Crippen molar-refractivity contribution in [1.82, 2.24) is 5.32 Å². The third-order valence-electron chi connectivity index (χ3n) is 3.37. The van der Waals surface area contributed by atoms with E-state index >= 15 is 0 Å². The minimum Gasteiger partial charge on any atom is -0.379 e. The number of methoxy groups -OCH3 is 1. The molecule has 0 spiro atoms. The molecule has 1 saturated carbocycles. The SMILES string of the molecule is COC(C)(C)CCNC1CCCCC1Cl. The highest BCUT2D eigenvalue weighted by Crippen LogP contribution is 2.23. The van der Waals surface area contributed by atoms with Gasteiger partial charge < -0.3 is 10.1 Å². The molecule has 1 rings (SSSR count). The van der Waals surface area contributed by atoms with Crippen molar-refractivity contribution >= 4 is 11.6 Å². The van der Waals surface area contributed by atoms with Crippen LogP contribution in [0.3, 0.4) is 0 Å². The highest BCUT2D eigenvalue weighted by atomic mass is 35.5. The lowest BCUT2D eigenvalue weighted by atomic mass is 9.94. The average molecular weight is 234 g/mol. The minimum atomic E-state index is -0.0243. The number of rotatable bonds is 5. The molecule has 0 bridgehead atoms. The number of hydrogen-bond acceptors (Lipinski definition) is 2. The van der Waals surface area contributed by atoms with Crippen LogP contribution in [0.25, 0.3) is 0 Å². The van der Waals surface area contributed by atoms with Gasteiger partial charge >= 0.3 is 0 Å². The van der Waals surface area contributed by atoms with Crippen molar-refractivity contribution in [2.24, 2.45) is 0 Å². The lowest BCUT2D eigenvalue weighted by molar-refractivity contribution is 0.0151. The second-order valence-electron chi connectivity index (χ2n) is 5.07. The van der Waals surface area contributed by atoms with Crippen LogP contribution in [0, 0.1) is 0 Å². The zero-order valence-corrected chi connectivity index (χ0v) is 10.9. The van der Waals surface area contributed by atoms with Gasteiger partial charge in [-0.3, -0.25) is 0 Å². The summed E-state index contributed by atoms with van der Waals surface area (Å²) in [5.74, 6) is 0. The summed E-state index contributed by atoms with van der Waals surface area (Å²) in [6.07, 6.45) is 6.02. The first-order valence-corrected chi connectivity index (χ1v) is 6.41. The fourth-order valence-corrected chi connectivity index (χ4v) is 2.35. The lowest BCUT2D eigenvalue weighted by Gasteiger charge is -2.30. The van der Waals surface area contributed by atoms with E-state index in [9.17, 15) is 0 Å². The Hall–Kier alpha value is 0.210. The molecule has 1 fully saturated rings. The predicted octanol–water partition coefficient (Wildman–Crippen LogP) is 2.94. The Kier molecular flexibility index (Phi) is 5.37. The molecule has 0 amide bonds.